The van der Waals surface area contributed by atoms with Crippen LogP contribution in [0.3, 0.4) is 0 Å². The minimum absolute atomic E-state index is 0.0631. The molecule has 2 aromatic rings. The van der Waals surface area contributed by atoms with E-state index < -0.39 is 0 Å². The topological polar surface area (TPSA) is 84.2 Å². The first-order valence-corrected chi connectivity index (χ1v) is 11.9. The number of rotatable bonds is 5. The van der Waals surface area contributed by atoms with Gasteiger partial charge in [0.05, 0.1) is 23.7 Å². The van der Waals surface area contributed by atoms with E-state index in [2.05, 4.69) is 49.3 Å². The summed E-state index contributed by atoms with van der Waals surface area (Å²) in [5, 5.41) is 13.8. The Balaban J connectivity index is 1.30. The summed E-state index contributed by atoms with van der Waals surface area (Å²) in [6, 6.07) is 5.12. The van der Waals surface area contributed by atoms with Crippen molar-refractivity contribution >= 4 is 28.3 Å². The zero-order valence-corrected chi connectivity index (χ0v) is 19.3. The Morgan fingerprint density at radius 2 is 2.13 bits per heavy atom. The van der Waals surface area contributed by atoms with Crippen molar-refractivity contribution in [3.05, 3.63) is 23.5 Å². The highest BCUT2D eigenvalue weighted by molar-refractivity contribution is 7.10. The third-order valence-corrected chi connectivity index (χ3v) is 7.78. The number of aryl methyl sites for hydroxylation is 2. The molecule has 31 heavy (non-hydrogen) atoms. The lowest BCUT2D eigenvalue weighted by atomic mass is 9.83. The first kappa shape index (κ1) is 20.6. The van der Waals surface area contributed by atoms with Crippen LogP contribution < -0.4 is 10.2 Å². The van der Waals surface area contributed by atoms with Gasteiger partial charge in [0.25, 0.3) is 0 Å². The van der Waals surface area contributed by atoms with Gasteiger partial charge in [0.1, 0.15) is 10.8 Å². The van der Waals surface area contributed by atoms with Crippen LogP contribution in [0.2, 0.25) is 0 Å². The van der Waals surface area contributed by atoms with Crippen LogP contribution in [0.15, 0.2) is 12.3 Å². The number of hydrogen-bond donors (Lipinski definition) is 1. The van der Waals surface area contributed by atoms with E-state index in [-0.39, 0.29) is 5.54 Å². The highest BCUT2D eigenvalue weighted by Crippen LogP contribution is 2.38. The fourth-order valence-electron chi connectivity index (χ4n) is 5.46. The predicted octanol–water partition coefficient (Wildman–Crippen LogP) is 2.79. The van der Waals surface area contributed by atoms with Gasteiger partial charge in [0.2, 0.25) is 5.95 Å². The van der Waals surface area contributed by atoms with Crippen molar-refractivity contribution in [3.8, 4) is 6.07 Å². The summed E-state index contributed by atoms with van der Waals surface area (Å²) in [5.41, 5.74) is 1.98. The molecule has 9 heteroatoms. The number of fused-ring (bicyclic) bond motifs is 1. The molecule has 0 saturated carbocycles. The Morgan fingerprint density at radius 1 is 1.29 bits per heavy atom. The van der Waals surface area contributed by atoms with Crippen molar-refractivity contribution in [1.82, 2.24) is 24.1 Å². The maximum Gasteiger partial charge on any atom is 0.229 e. The van der Waals surface area contributed by atoms with E-state index in [1.54, 1.807) is 0 Å². The molecule has 0 radical (unpaired) electrons. The molecule has 0 unspecified atom stereocenters. The molecular formula is C22H30N8S. The Hall–Kier alpha value is -2.28. The molecule has 1 N–H and O–H groups in total. The second-order valence-electron chi connectivity index (χ2n) is 9.51. The zero-order chi connectivity index (χ0) is 21.6. The lowest BCUT2D eigenvalue weighted by Gasteiger charge is -2.58. The van der Waals surface area contributed by atoms with Crippen LogP contribution in [-0.2, 0) is 0 Å². The third kappa shape index (κ3) is 3.88. The molecule has 3 saturated heterocycles. The molecule has 0 spiro atoms. The summed E-state index contributed by atoms with van der Waals surface area (Å²) in [5.74, 6) is 2.34. The van der Waals surface area contributed by atoms with E-state index in [0.29, 0.717) is 18.4 Å². The van der Waals surface area contributed by atoms with E-state index in [1.807, 2.05) is 19.2 Å². The van der Waals surface area contributed by atoms with Gasteiger partial charge in [-0.05, 0) is 43.8 Å². The van der Waals surface area contributed by atoms with Crippen LogP contribution in [0.5, 0.6) is 0 Å². The van der Waals surface area contributed by atoms with Gasteiger partial charge in [-0.25, -0.2) is 4.98 Å². The molecule has 3 aliphatic heterocycles. The Labute approximate surface area is 188 Å². The van der Waals surface area contributed by atoms with E-state index in [0.717, 1.165) is 60.7 Å². The van der Waals surface area contributed by atoms with Crippen molar-refractivity contribution in [2.45, 2.75) is 45.2 Å². The third-order valence-electron chi connectivity index (χ3n) is 6.98. The van der Waals surface area contributed by atoms with E-state index >= 15 is 0 Å². The summed E-state index contributed by atoms with van der Waals surface area (Å²) in [6.45, 7) is 12.6. The van der Waals surface area contributed by atoms with E-state index in [4.69, 9.17) is 4.98 Å². The average molecular weight is 439 g/mol. The number of nitriles is 1. The monoisotopic (exact) mass is 438 g/mol. The summed E-state index contributed by atoms with van der Waals surface area (Å²) in [6.07, 6.45) is 3.72. The van der Waals surface area contributed by atoms with Crippen LogP contribution in [-0.4, -0.2) is 75.0 Å². The quantitative estimate of drug-likeness (QED) is 0.763. The van der Waals surface area contributed by atoms with Crippen LogP contribution in [0.4, 0.5) is 16.8 Å². The molecule has 3 fully saturated rings. The number of hydrogen-bond acceptors (Lipinski definition) is 9. The maximum atomic E-state index is 9.60. The van der Waals surface area contributed by atoms with Gasteiger partial charge in [-0.1, -0.05) is 6.92 Å². The van der Waals surface area contributed by atoms with Crippen LogP contribution in [0.25, 0.3) is 0 Å². The molecule has 0 amide bonds. The summed E-state index contributed by atoms with van der Waals surface area (Å²) in [4.78, 5) is 16.8. The Bertz CT molecular complexity index is 992. The molecular weight excluding hydrogens is 408 g/mol. The molecule has 0 aromatic carbocycles. The smallest absolute Gasteiger partial charge is 0.229 e. The maximum absolute atomic E-state index is 9.60. The van der Waals surface area contributed by atoms with Crippen LogP contribution >= 0.6 is 11.5 Å². The molecule has 164 valence electrons. The molecule has 2 aromatic heterocycles. The highest BCUT2D eigenvalue weighted by Gasteiger charge is 2.51. The fourth-order valence-corrected chi connectivity index (χ4v) is 6.11. The van der Waals surface area contributed by atoms with Crippen LogP contribution in [0.1, 0.15) is 31.0 Å². The Morgan fingerprint density at radius 3 is 2.87 bits per heavy atom. The molecule has 5 heterocycles. The minimum atomic E-state index is -0.0631. The van der Waals surface area contributed by atoms with E-state index in [1.165, 1.54) is 24.5 Å². The van der Waals surface area contributed by atoms with Gasteiger partial charge in [0, 0.05) is 57.1 Å². The van der Waals surface area contributed by atoms with Crippen molar-refractivity contribution in [1.29, 1.82) is 5.26 Å². The first-order chi connectivity index (χ1) is 15.0. The Kier molecular flexibility index (Phi) is 5.32. The van der Waals surface area contributed by atoms with Gasteiger partial charge in [-0.15, -0.1) is 0 Å². The fraction of sp³-hybridized carbons (Fsp3) is 0.636. The number of aromatic nitrogens is 3. The largest absolute Gasteiger partial charge is 0.352 e. The molecule has 8 nitrogen and oxygen atoms in total. The zero-order valence-electron chi connectivity index (χ0n) is 18.5. The molecule has 5 rings (SSSR count). The van der Waals surface area contributed by atoms with Gasteiger partial charge < -0.3 is 10.2 Å². The molecule has 0 aliphatic carbocycles. The lowest BCUT2D eigenvalue weighted by Crippen LogP contribution is -2.73. The number of piperazine rings is 1. The SMILES string of the molecule is Cc1cc(Nc2ncc(C)c(N3CC(CC#N)(N4CCN5C[C@H](C)C[C@H]5C4)C3)n2)sn1. The number of anilines is 3. The molecule has 2 atom stereocenters. The van der Waals surface area contributed by atoms with Crippen LogP contribution in [0, 0.1) is 31.1 Å². The van der Waals surface area contributed by atoms with Gasteiger partial charge in [-0.3, -0.25) is 9.80 Å². The predicted molar refractivity (Wildman–Crippen MR) is 123 cm³/mol. The average Bonchev–Trinajstić information content (AvgIpc) is 3.29. The molecule has 3 aliphatic rings. The molecule has 0 bridgehead atoms. The second-order valence-corrected chi connectivity index (χ2v) is 10.3. The second kappa shape index (κ2) is 8.01. The van der Waals surface area contributed by atoms with Gasteiger partial charge in [-0.2, -0.15) is 14.6 Å². The van der Waals surface area contributed by atoms with E-state index in [9.17, 15) is 5.26 Å². The van der Waals surface area contributed by atoms with Crippen molar-refractivity contribution in [2.75, 3.05) is 49.5 Å². The first-order valence-electron chi connectivity index (χ1n) is 11.1. The summed E-state index contributed by atoms with van der Waals surface area (Å²) in [7, 11) is 0. The lowest BCUT2D eigenvalue weighted by molar-refractivity contribution is -0.000599. The highest BCUT2D eigenvalue weighted by atomic mass is 32.1. The minimum Gasteiger partial charge on any atom is -0.352 e. The van der Waals surface area contributed by atoms with Crippen molar-refractivity contribution in [2.24, 2.45) is 5.92 Å². The van der Waals surface area contributed by atoms with Gasteiger partial charge in [0.15, 0.2) is 0 Å². The van der Waals surface area contributed by atoms with Gasteiger partial charge >= 0.3 is 0 Å². The van der Waals surface area contributed by atoms with Crippen molar-refractivity contribution in [3.63, 3.8) is 0 Å². The summed E-state index contributed by atoms with van der Waals surface area (Å²) < 4.78 is 4.31. The summed E-state index contributed by atoms with van der Waals surface area (Å²) >= 11 is 1.41. The number of nitrogens with one attached hydrogen (secondary N) is 1. The standard InChI is InChI=1S/C22H30N8S/c1-15-8-18-12-30(7-6-28(18)11-15)22(4-5-23)13-29(14-22)20-16(2)10-24-21(26-20)25-19-9-17(3)27-31-19/h9-10,15,18H,4,6-8,11-14H2,1-3H3,(H,24,25,26)/t15-,18+/m1/s1. The number of nitrogens with zero attached hydrogens (tertiary/aromatic N) is 7. The normalized spacial score (nSPS) is 25.7. The van der Waals surface area contributed by atoms with Crippen molar-refractivity contribution < 1.29 is 0 Å².